The first-order valence-corrected chi connectivity index (χ1v) is 6.15. The molecule has 100 valence electrons. The Bertz CT molecular complexity index is 448. The van der Waals surface area contributed by atoms with Gasteiger partial charge >= 0.3 is 0 Å². The van der Waals surface area contributed by atoms with Gasteiger partial charge < -0.3 is 0 Å². The lowest BCUT2D eigenvalue weighted by Crippen LogP contribution is -2.55. The van der Waals surface area contributed by atoms with E-state index in [1.165, 1.54) is 5.56 Å². The van der Waals surface area contributed by atoms with E-state index < -0.39 is 0 Å². The van der Waals surface area contributed by atoms with Gasteiger partial charge in [-0.05, 0) is 12.6 Å². The molecule has 0 bridgehead atoms. The van der Waals surface area contributed by atoms with Crippen molar-refractivity contribution in [3.8, 4) is 24.7 Å². The van der Waals surface area contributed by atoms with Gasteiger partial charge in [0, 0.05) is 19.6 Å². The van der Waals surface area contributed by atoms with E-state index in [0.29, 0.717) is 0 Å². The summed E-state index contributed by atoms with van der Waals surface area (Å²) < 4.78 is 0. The molecule has 3 heteroatoms. The summed E-state index contributed by atoms with van der Waals surface area (Å²) in [5.41, 5.74) is 1.30. The molecule has 0 radical (unpaired) electrons. The van der Waals surface area contributed by atoms with Gasteiger partial charge in [0.2, 0.25) is 0 Å². The number of benzene rings is 1. The summed E-state index contributed by atoms with van der Waals surface area (Å²) in [6.45, 7) is 2.66. The number of nitrogens with zero attached hydrogens (tertiary/aromatic N) is 2. The molecule has 0 spiro atoms. The highest BCUT2D eigenvalue weighted by molar-refractivity contribution is 5.85. The van der Waals surface area contributed by atoms with Crippen molar-refractivity contribution in [3.63, 3.8) is 0 Å². The van der Waals surface area contributed by atoms with Gasteiger partial charge in [-0.3, -0.25) is 9.80 Å². The van der Waals surface area contributed by atoms with Crippen molar-refractivity contribution in [2.75, 3.05) is 20.1 Å². The van der Waals surface area contributed by atoms with Gasteiger partial charge in [-0.2, -0.15) is 0 Å². The van der Waals surface area contributed by atoms with Crippen LogP contribution in [0.5, 0.6) is 0 Å². The molecule has 1 heterocycles. The first-order chi connectivity index (χ1) is 8.74. The second-order valence-corrected chi connectivity index (χ2v) is 4.71. The molecule has 0 aromatic heterocycles. The number of terminal acetylenes is 2. The third-order valence-electron chi connectivity index (χ3n) is 3.48. The van der Waals surface area contributed by atoms with Crippen molar-refractivity contribution in [3.05, 3.63) is 35.9 Å². The van der Waals surface area contributed by atoms with Crippen molar-refractivity contribution in [1.29, 1.82) is 0 Å². The monoisotopic (exact) mass is 274 g/mol. The molecule has 0 aliphatic carbocycles. The Balaban J connectivity index is 0.00000180. The minimum atomic E-state index is 0. The molecule has 1 aromatic carbocycles. The van der Waals surface area contributed by atoms with E-state index in [4.69, 9.17) is 12.8 Å². The van der Waals surface area contributed by atoms with Gasteiger partial charge in [-0.25, -0.2) is 0 Å². The topological polar surface area (TPSA) is 6.48 Å². The number of piperazine rings is 1. The minimum absolute atomic E-state index is 0. The van der Waals surface area contributed by atoms with Crippen LogP contribution in [0.2, 0.25) is 0 Å². The number of hydrogen-bond acceptors (Lipinski definition) is 2. The van der Waals surface area contributed by atoms with Gasteiger partial charge in [-0.15, -0.1) is 25.3 Å². The fourth-order valence-corrected chi connectivity index (χ4v) is 2.35. The molecule has 0 amide bonds. The second-order valence-electron chi connectivity index (χ2n) is 4.71. The van der Waals surface area contributed by atoms with E-state index in [-0.39, 0.29) is 24.5 Å². The number of rotatable bonds is 2. The molecule has 2 unspecified atom stereocenters. The average Bonchev–Trinajstić information content (AvgIpc) is 2.41. The molecule has 2 rings (SSSR count). The van der Waals surface area contributed by atoms with Crippen LogP contribution in [-0.2, 0) is 6.54 Å². The molecular weight excluding hydrogens is 256 g/mol. The third-order valence-corrected chi connectivity index (χ3v) is 3.48. The zero-order chi connectivity index (χ0) is 13.0. The minimum Gasteiger partial charge on any atom is -0.294 e. The predicted octanol–water partition coefficient (Wildman–Crippen LogP) is 1.86. The van der Waals surface area contributed by atoms with Crippen LogP contribution in [0.15, 0.2) is 30.3 Å². The SMILES string of the molecule is C#CC1CN(Cc2ccccc2)CC(C#C)N1C.Cl. The summed E-state index contributed by atoms with van der Waals surface area (Å²) in [5.74, 6) is 5.64. The van der Waals surface area contributed by atoms with E-state index in [1.807, 2.05) is 13.1 Å². The highest BCUT2D eigenvalue weighted by Gasteiger charge is 2.29. The summed E-state index contributed by atoms with van der Waals surface area (Å²) >= 11 is 0. The van der Waals surface area contributed by atoms with E-state index in [1.54, 1.807) is 0 Å². The normalized spacial score (nSPS) is 23.9. The van der Waals surface area contributed by atoms with E-state index in [9.17, 15) is 0 Å². The Morgan fingerprint density at radius 3 is 2.11 bits per heavy atom. The predicted molar refractivity (Wildman–Crippen MR) is 82.0 cm³/mol. The summed E-state index contributed by atoms with van der Waals surface area (Å²) in [5, 5.41) is 0. The molecule has 1 fully saturated rings. The second kappa shape index (κ2) is 7.22. The Morgan fingerprint density at radius 2 is 1.63 bits per heavy atom. The van der Waals surface area contributed by atoms with Gasteiger partial charge in [0.05, 0.1) is 12.1 Å². The van der Waals surface area contributed by atoms with E-state index in [2.05, 4.69) is 45.9 Å². The molecule has 2 nitrogen and oxygen atoms in total. The lowest BCUT2D eigenvalue weighted by molar-refractivity contribution is 0.0890. The maximum Gasteiger partial charge on any atom is 0.0848 e. The molecule has 1 saturated heterocycles. The largest absolute Gasteiger partial charge is 0.294 e. The first kappa shape index (κ1) is 15.6. The first-order valence-electron chi connectivity index (χ1n) is 6.15. The van der Waals surface area contributed by atoms with Crippen LogP contribution >= 0.6 is 12.4 Å². The fraction of sp³-hybridized carbons (Fsp3) is 0.375. The fourth-order valence-electron chi connectivity index (χ4n) is 2.35. The lowest BCUT2D eigenvalue weighted by Gasteiger charge is -2.41. The Morgan fingerprint density at radius 1 is 1.11 bits per heavy atom. The zero-order valence-corrected chi connectivity index (χ0v) is 11.9. The van der Waals surface area contributed by atoms with Crippen LogP contribution in [0.1, 0.15) is 5.56 Å². The lowest BCUT2D eigenvalue weighted by atomic mass is 10.1. The molecule has 19 heavy (non-hydrogen) atoms. The van der Waals surface area contributed by atoms with E-state index >= 15 is 0 Å². The summed E-state index contributed by atoms with van der Waals surface area (Å²) in [6.07, 6.45) is 11.2. The van der Waals surface area contributed by atoms with Crippen molar-refractivity contribution in [1.82, 2.24) is 9.80 Å². The number of likely N-dealkylation sites (N-methyl/N-ethyl adjacent to an activating group) is 1. The smallest absolute Gasteiger partial charge is 0.0848 e. The number of hydrogen-bond donors (Lipinski definition) is 0. The van der Waals surface area contributed by atoms with Crippen LogP contribution in [0.3, 0.4) is 0 Å². The third kappa shape index (κ3) is 3.75. The Kier molecular flexibility index (Phi) is 5.93. The van der Waals surface area contributed by atoms with Gasteiger partial charge in [0.15, 0.2) is 0 Å². The Hall–Kier alpha value is -1.45. The standard InChI is InChI=1S/C16H18N2.ClH/c1-4-15-12-18(13-16(5-2)17(15)3)11-14-9-7-6-8-10-14;/h1-2,6-10,15-16H,11-13H2,3H3;1H. The highest BCUT2D eigenvalue weighted by atomic mass is 35.5. The van der Waals surface area contributed by atoms with Crippen LogP contribution in [0, 0.1) is 24.7 Å². The zero-order valence-electron chi connectivity index (χ0n) is 11.1. The van der Waals surface area contributed by atoms with Crippen molar-refractivity contribution in [2.45, 2.75) is 18.6 Å². The molecule has 2 atom stereocenters. The molecule has 1 aromatic rings. The maximum absolute atomic E-state index is 5.58. The quantitative estimate of drug-likeness (QED) is 0.760. The average molecular weight is 275 g/mol. The van der Waals surface area contributed by atoms with Gasteiger partial charge in [0.1, 0.15) is 0 Å². The van der Waals surface area contributed by atoms with Gasteiger partial charge in [-0.1, -0.05) is 42.2 Å². The highest BCUT2D eigenvalue weighted by Crippen LogP contribution is 2.15. The molecule has 0 N–H and O–H groups in total. The maximum atomic E-state index is 5.58. The van der Waals surface area contributed by atoms with Crippen LogP contribution < -0.4 is 0 Å². The van der Waals surface area contributed by atoms with Crippen molar-refractivity contribution < 1.29 is 0 Å². The number of halogens is 1. The molecule has 1 aliphatic heterocycles. The van der Waals surface area contributed by atoms with Crippen LogP contribution in [-0.4, -0.2) is 42.0 Å². The summed E-state index contributed by atoms with van der Waals surface area (Å²) in [6, 6.07) is 10.6. The summed E-state index contributed by atoms with van der Waals surface area (Å²) in [4.78, 5) is 4.45. The van der Waals surface area contributed by atoms with Crippen molar-refractivity contribution in [2.24, 2.45) is 0 Å². The summed E-state index contributed by atoms with van der Waals surface area (Å²) in [7, 11) is 2.01. The van der Waals surface area contributed by atoms with Crippen LogP contribution in [0.25, 0.3) is 0 Å². The van der Waals surface area contributed by atoms with Gasteiger partial charge in [0.25, 0.3) is 0 Å². The molecular formula is C16H19ClN2. The molecule has 0 saturated carbocycles. The Labute approximate surface area is 122 Å². The van der Waals surface area contributed by atoms with Crippen molar-refractivity contribution >= 4 is 12.4 Å². The van der Waals surface area contributed by atoms with E-state index in [0.717, 1.165) is 19.6 Å². The van der Waals surface area contributed by atoms with Crippen LogP contribution in [0.4, 0.5) is 0 Å². The molecule has 1 aliphatic rings.